The van der Waals surface area contributed by atoms with Crippen molar-refractivity contribution in [3.63, 3.8) is 0 Å². The molecule has 0 N–H and O–H groups in total. The maximum Gasteiger partial charge on any atom is 0.316 e. The van der Waals surface area contributed by atoms with Gasteiger partial charge in [-0.05, 0) is 0 Å². The molecule has 2 aromatic rings. The van der Waals surface area contributed by atoms with Crippen molar-refractivity contribution in [2.24, 2.45) is 0 Å². The van der Waals surface area contributed by atoms with Crippen LogP contribution in [0.25, 0.3) is 11.8 Å². The lowest BCUT2D eigenvalue weighted by Crippen LogP contribution is -1.73. The molecule has 0 spiro atoms. The Morgan fingerprint density at radius 2 is 2.30 bits per heavy atom. The molecule has 0 aliphatic carbocycles. The number of nitrogens with zero attached hydrogens (tertiary/aromatic N) is 4. The summed E-state index contributed by atoms with van der Waals surface area (Å²) in [5.74, 6) is 0.381. The SMILES string of the molecule is [c]1noc(-c2ncno2)n1. The van der Waals surface area contributed by atoms with Gasteiger partial charge in [0.15, 0.2) is 6.33 Å². The van der Waals surface area contributed by atoms with Crippen LogP contribution >= 0.6 is 0 Å². The van der Waals surface area contributed by atoms with Gasteiger partial charge in [0.1, 0.15) is 0 Å². The summed E-state index contributed by atoms with van der Waals surface area (Å²) in [7, 11) is 0. The molecule has 0 amide bonds. The molecule has 2 rings (SSSR count). The second-order valence-corrected chi connectivity index (χ2v) is 1.45. The Hall–Kier alpha value is -1.72. The zero-order chi connectivity index (χ0) is 6.81. The van der Waals surface area contributed by atoms with Crippen LogP contribution in [0.3, 0.4) is 0 Å². The number of hydrogen-bond donors (Lipinski definition) is 0. The molecule has 0 atom stereocenters. The molecule has 2 aromatic heterocycles. The fourth-order valence-corrected chi connectivity index (χ4v) is 0.504. The van der Waals surface area contributed by atoms with Crippen molar-refractivity contribution in [2.75, 3.05) is 0 Å². The topological polar surface area (TPSA) is 77.8 Å². The molecule has 6 heteroatoms. The molecular weight excluding hydrogens is 136 g/mol. The highest BCUT2D eigenvalue weighted by Gasteiger charge is 2.08. The summed E-state index contributed by atoms with van der Waals surface area (Å²) in [4.78, 5) is 7.22. The molecule has 0 saturated carbocycles. The number of rotatable bonds is 1. The largest absolute Gasteiger partial charge is 0.329 e. The first-order valence-corrected chi connectivity index (χ1v) is 2.43. The van der Waals surface area contributed by atoms with Gasteiger partial charge in [-0.1, -0.05) is 10.3 Å². The predicted octanol–water partition coefficient (Wildman–Crippen LogP) is -0.0802. The van der Waals surface area contributed by atoms with Crippen LogP contribution in [0.2, 0.25) is 0 Å². The average molecular weight is 137 g/mol. The van der Waals surface area contributed by atoms with Gasteiger partial charge in [0.2, 0.25) is 6.33 Å². The molecule has 0 bridgehead atoms. The smallest absolute Gasteiger partial charge is 0.316 e. The Morgan fingerprint density at radius 1 is 1.30 bits per heavy atom. The molecule has 6 nitrogen and oxygen atoms in total. The summed E-state index contributed by atoms with van der Waals surface area (Å²) in [5.41, 5.74) is 0. The minimum Gasteiger partial charge on any atom is -0.329 e. The van der Waals surface area contributed by atoms with Crippen molar-refractivity contribution in [3.8, 4) is 11.8 Å². The normalized spacial score (nSPS) is 10.0. The molecule has 0 aliphatic rings. The summed E-state index contributed by atoms with van der Waals surface area (Å²) in [6.07, 6.45) is 3.47. The lowest BCUT2D eigenvalue weighted by atomic mass is 10.7. The van der Waals surface area contributed by atoms with Crippen LogP contribution in [-0.4, -0.2) is 20.3 Å². The van der Waals surface area contributed by atoms with E-state index in [9.17, 15) is 0 Å². The zero-order valence-electron chi connectivity index (χ0n) is 4.68. The van der Waals surface area contributed by atoms with Crippen LogP contribution in [0.4, 0.5) is 0 Å². The molecule has 0 aromatic carbocycles. The molecule has 0 saturated heterocycles. The lowest BCUT2D eigenvalue weighted by Gasteiger charge is -1.76. The first kappa shape index (κ1) is 5.10. The summed E-state index contributed by atoms with van der Waals surface area (Å²) in [5, 5.41) is 6.59. The molecule has 1 radical (unpaired) electrons. The summed E-state index contributed by atoms with van der Waals surface area (Å²) >= 11 is 0. The van der Waals surface area contributed by atoms with Crippen molar-refractivity contribution >= 4 is 0 Å². The second kappa shape index (κ2) is 1.90. The van der Waals surface area contributed by atoms with Gasteiger partial charge in [0.05, 0.1) is 0 Å². The Bertz CT molecular complexity index is 255. The van der Waals surface area contributed by atoms with Gasteiger partial charge in [0, 0.05) is 0 Å². The fourth-order valence-electron chi connectivity index (χ4n) is 0.504. The fraction of sp³-hybridized carbons (Fsp3) is 0. The monoisotopic (exact) mass is 137 g/mol. The van der Waals surface area contributed by atoms with E-state index in [2.05, 4.69) is 35.7 Å². The first-order valence-electron chi connectivity index (χ1n) is 2.43. The van der Waals surface area contributed by atoms with Crippen molar-refractivity contribution in [2.45, 2.75) is 0 Å². The summed E-state index contributed by atoms with van der Waals surface area (Å²) < 4.78 is 9.17. The highest BCUT2D eigenvalue weighted by Crippen LogP contribution is 2.08. The van der Waals surface area contributed by atoms with E-state index in [4.69, 9.17) is 0 Å². The third kappa shape index (κ3) is 0.661. The van der Waals surface area contributed by atoms with E-state index < -0.39 is 0 Å². The molecule has 0 fully saturated rings. The number of hydrogen-bond acceptors (Lipinski definition) is 6. The Labute approximate surface area is 54.9 Å². The van der Waals surface area contributed by atoms with Crippen LogP contribution in [0.5, 0.6) is 0 Å². The minimum atomic E-state index is 0.178. The Kier molecular flexibility index (Phi) is 0.970. The van der Waals surface area contributed by atoms with Crippen LogP contribution in [0.1, 0.15) is 0 Å². The molecule has 0 aliphatic heterocycles. The molecular formula is C4HN4O2. The van der Waals surface area contributed by atoms with Crippen LogP contribution in [0.15, 0.2) is 15.4 Å². The van der Waals surface area contributed by atoms with Gasteiger partial charge in [-0.25, -0.2) is 0 Å². The van der Waals surface area contributed by atoms with E-state index >= 15 is 0 Å². The third-order valence-electron chi connectivity index (χ3n) is 0.869. The van der Waals surface area contributed by atoms with E-state index in [1.54, 1.807) is 0 Å². The summed E-state index contributed by atoms with van der Waals surface area (Å²) in [6.45, 7) is 0. The van der Waals surface area contributed by atoms with Crippen LogP contribution < -0.4 is 0 Å². The van der Waals surface area contributed by atoms with Crippen LogP contribution in [0, 0.1) is 6.33 Å². The Balaban J connectivity index is 2.48. The van der Waals surface area contributed by atoms with Gasteiger partial charge in [-0.15, -0.1) is 0 Å². The van der Waals surface area contributed by atoms with Crippen molar-refractivity contribution in [1.29, 1.82) is 0 Å². The van der Waals surface area contributed by atoms with Gasteiger partial charge < -0.3 is 9.05 Å². The van der Waals surface area contributed by atoms with E-state index in [-0.39, 0.29) is 11.8 Å². The number of aromatic nitrogens is 4. The van der Waals surface area contributed by atoms with Crippen molar-refractivity contribution in [1.82, 2.24) is 20.3 Å². The van der Waals surface area contributed by atoms with E-state index in [0.29, 0.717) is 0 Å². The zero-order valence-corrected chi connectivity index (χ0v) is 4.68. The Morgan fingerprint density at radius 3 is 2.90 bits per heavy atom. The van der Waals surface area contributed by atoms with Crippen LogP contribution in [-0.2, 0) is 0 Å². The van der Waals surface area contributed by atoms with Gasteiger partial charge in [0.25, 0.3) is 0 Å². The van der Waals surface area contributed by atoms with Crippen molar-refractivity contribution in [3.05, 3.63) is 12.7 Å². The minimum absolute atomic E-state index is 0.178. The van der Waals surface area contributed by atoms with Gasteiger partial charge in [-0.2, -0.15) is 9.97 Å². The standard InChI is InChI=1S/C4HN4O2/c1-5-3(9-7-1)4-6-2-8-10-4/h1H. The highest BCUT2D eigenvalue weighted by atomic mass is 16.5. The third-order valence-corrected chi connectivity index (χ3v) is 0.869. The van der Waals surface area contributed by atoms with E-state index in [1.165, 1.54) is 6.33 Å². The predicted molar refractivity (Wildman–Crippen MR) is 26.4 cm³/mol. The highest BCUT2D eigenvalue weighted by molar-refractivity contribution is 5.33. The second-order valence-electron chi connectivity index (χ2n) is 1.45. The van der Waals surface area contributed by atoms with E-state index in [1.807, 2.05) is 0 Å². The van der Waals surface area contributed by atoms with Gasteiger partial charge in [-0.3, -0.25) is 0 Å². The maximum absolute atomic E-state index is 4.60. The van der Waals surface area contributed by atoms with Gasteiger partial charge >= 0.3 is 11.8 Å². The summed E-state index contributed by atoms with van der Waals surface area (Å²) in [6, 6.07) is 0. The maximum atomic E-state index is 4.60. The van der Waals surface area contributed by atoms with E-state index in [0.717, 1.165) is 0 Å². The quantitative estimate of drug-likeness (QED) is 0.547. The molecule has 49 valence electrons. The molecule has 0 unspecified atom stereocenters. The molecule has 10 heavy (non-hydrogen) atoms. The molecule has 2 heterocycles. The first-order chi connectivity index (χ1) is 4.97. The van der Waals surface area contributed by atoms with Crippen molar-refractivity contribution < 1.29 is 9.05 Å². The average Bonchev–Trinajstić information content (AvgIpc) is 2.59. The lowest BCUT2D eigenvalue weighted by molar-refractivity contribution is 0.381.